The Balaban J connectivity index is 3.10. The molecule has 0 atom stereocenters. The van der Waals surface area contributed by atoms with E-state index in [-0.39, 0.29) is 35.1 Å². The van der Waals surface area contributed by atoms with Crippen molar-refractivity contribution in [2.45, 2.75) is 79.7 Å². The smallest absolute Gasteiger partial charge is 0.251 e. The zero-order valence-corrected chi connectivity index (χ0v) is 18.9. The Hall–Kier alpha value is -2.37. The van der Waals surface area contributed by atoms with Crippen LogP contribution in [0, 0.1) is 11.8 Å². The fourth-order valence-corrected chi connectivity index (χ4v) is 2.74. The first kappa shape index (κ1) is 24.7. The molecule has 0 unspecified atom stereocenters. The van der Waals surface area contributed by atoms with E-state index in [1.54, 1.807) is 45.9 Å². The lowest BCUT2D eigenvalue weighted by Gasteiger charge is -2.26. The lowest BCUT2D eigenvalue weighted by Crippen LogP contribution is -2.43. The van der Waals surface area contributed by atoms with Crippen LogP contribution in [-0.4, -0.2) is 23.3 Å². The summed E-state index contributed by atoms with van der Waals surface area (Å²) in [6, 6.07) is 4.95. The summed E-state index contributed by atoms with van der Waals surface area (Å²) in [5.41, 5.74) is 1.03. The van der Waals surface area contributed by atoms with Gasteiger partial charge in [0, 0.05) is 34.3 Å². The van der Waals surface area contributed by atoms with Crippen LogP contribution < -0.4 is 16.0 Å². The molecule has 0 heterocycles. The third kappa shape index (κ3) is 8.67. The van der Waals surface area contributed by atoms with Crippen LogP contribution in [0.1, 0.15) is 84.5 Å². The van der Waals surface area contributed by atoms with E-state index in [4.69, 9.17) is 0 Å². The molecule has 0 bridgehead atoms. The minimum atomic E-state index is -0.342. The van der Waals surface area contributed by atoms with E-state index < -0.39 is 0 Å². The van der Waals surface area contributed by atoms with E-state index in [1.807, 2.05) is 13.8 Å². The Bertz CT molecular complexity index is 684. The van der Waals surface area contributed by atoms with Crippen LogP contribution in [0.4, 0.5) is 11.4 Å². The first-order valence-corrected chi connectivity index (χ1v) is 10.5. The highest BCUT2D eigenvalue weighted by molar-refractivity contribution is 6.01. The number of benzene rings is 1. The van der Waals surface area contributed by atoms with E-state index in [0.717, 1.165) is 25.7 Å². The monoisotopic (exact) mass is 403 g/mol. The summed E-state index contributed by atoms with van der Waals surface area (Å²) in [6.45, 7) is 13.4. The van der Waals surface area contributed by atoms with Gasteiger partial charge < -0.3 is 16.0 Å². The average molecular weight is 404 g/mol. The van der Waals surface area contributed by atoms with Crippen molar-refractivity contribution in [2.75, 3.05) is 10.6 Å². The minimum Gasteiger partial charge on any atom is -0.347 e. The van der Waals surface area contributed by atoms with Gasteiger partial charge in [-0.3, -0.25) is 14.4 Å². The molecule has 0 aliphatic rings. The second-order valence-electron chi connectivity index (χ2n) is 8.88. The number of hydrogen-bond acceptors (Lipinski definition) is 3. The lowest BCUT2D eigenvalue weighted by atomic mass is 9.96. The Labute approximate surface area is 175 Å². The third-order valence-corrected chi connectivity index (χ3v) is 4.64. The number of anilines is 2. The van der Waals surface area contributed by atoms with Gasteiger partial charge in [-0.05, 0) is 38.5 Å². The van der Waals surface area contributed by atoms with E-state index in [1.165, 1.54) is 0 Å². The highest BCUT2D eigenvalue weighted by atomic mass is 16.2. The first-order valence-electron chi connectivity index (χ1n) is 10.5. The van der Waals surface area contributed by atoms with Gasteiger partial charge >= 0.3 is 0 Å². The standard InChI is InChI=1S/C23H37N3O3/c1-8-9-10-11-23(6,7)26-22(29)17-12-18(24-20(27)15(2)3)14-19(13-17)25-21(28)16(4)5/h12-16H,8-11H2,1-7H3,(H,24,27)(H,25,28)(H,26,29). The molecule has 0 saturated carbocycles. The molecule has 0 saturated heterocycles. The molecule has 1 rings (SSSR count). The van der Waals surface area contributed by atoms with Gasteiger partial charge in [0.05, 0.1) is 0 Å². The van der Waals surface area contributed by atoms with Gasteiger partial charge in [-0.15, -0.1) is 0 Å². The average Bonchev–Trinajstić information content (AvgIpc) is 2.60. The molecule has 162 valence electrons. The normalized spacial score (nSPS) is 11.5. The van der Waals surface area contributed by atoms with Crippen molar-refractivity contribution < 1.29 is 14.4 Å². The van der Waals surface area contributed by atoms with Crippen LogP contribution in [0.2, 0.25) is 0 Å². The summed E-state index contributed by atoms with van der Waals surface area (Å²) in [6.07, 6.45) is 4.18. The quantitative estimate of drug-likeness (QED) is 0.482. The molecule has 0 fully saturated rings. The third-order valence-electron chi connectivity index (χ3n) is 4.64. The van der Waals surface area contributed by atoms with E-state index in [2.05, 4.69) is 22.9 Å². The number of nitrogens with one attached hydrogen (secondary N) is 3. The van der Waals surface area contributed by atoms with Gasteiger partial charge in [0.1, 0.15) is 0 Å². The van der Waals surface area contributed by atoms with Crippen LogP contribution in [-0.2, 0) is 9.59 Å². The van der Waals surface area contributed by atoms with Crippen molar-refractivity contribution in [2.24, 2.45) is 11.8 Å². The maximum absolute atomic E-state index is 12.9. The Morgan fingerprint density at radius 1 is 0.862 bits per heavy atom. The van der Waals surface area contributed by atoms with Gasteiger partial charge in [0.25, 0.3) is 5.91 Å². The SMILES string of the molecule is CCCCCC(C)(C)NC(=O)c1cc(NC(=O)C(C)C)cc(NC(=O)C(C)C)c1. The van der Waals surface area contributed by atoms with Crippen molar-refractivity contribution in [1.82, 2.24) is 5.32 Å². The summed E-state index contributed by atoms with van der Waals surface area (Å²) in [5.74, 6) is -0.920. The molecule has 6 nitrogen and oxygen atoms in total. The fourth-order valence-electron chi connectivity index (χ4n) is 2.74. The Morgan fingerprint density at radius 2 is 1.34 bits per heavy atom. The van der Waals surface area contributed by atoms with Crippen molar-refractivity contribution >= 4 is 29.1 Å². The van der Waals surface area contributed by atoms with Crippen LogP contribution in [0.3, 0.4) is 0 Å². The summed E-state index contributed by atoms with van der Waals surface area (Å²) >= 11 is 0. The van der Waals surface area contributed by atoms with E-state index in [0.29, 0.717) is 16.9 Å². The Morgan fingerprint density at radius 3 is 1.76 bits per heavy atom. The predicted molar refractivity (Wildman–Crippen MR) is 119 cm³/mol. The van der Waals surface area contributed by atoms with Crippen molar-refractivity contribution in [3.05, 3.63) is 23.8 Å². The molecule has 0 aliphatic heterocycles. The van der Waals surface area contributed by atoms with E-state index >= 15 is 0 Å². The fraction of sp³-hybridized carbons (Fsp3) is 0.609. The topological polar surface area (TPSA) is 87.3 Å². The Kier molecular flexibility index (Phi) is 9.34. The van der Waals surface area contributed by atoms with E-state index in [9.17, 15) is 14.4 Å². The second-order valence-corrected chi connectivity index (χ2v) is 8.88. The van der Waals surface area contributed by atoms with Crippen LogP contribution >= 0.6 is 0 Å². The first-order chi connectivity index (χ1) is 13.4. The summed E-state index contributed by atoms with van der Waals surface area (Å²) < 4.78 is 0. The van der Waals surface area contributed by atoms with Crippen molar-refractivity contribution in [3.8, 4) is 0 Å². The van der Waals surface area contributed by atoms with Gasteiger partial charge in [-0.1, -0.05) is 53.9 Å². The van der Waals surface area contributed by atoms with Gasteiger partial charge in [0.15, 0.2) is 0 Å². The van der Waals surface area contributed by atoms with Gasteiger partial charge in [-0.2, -0.15) is 0 Å². The number of unbranched alkanes of at least 4 members (excludes halogenated alkanes) is 2. The number of amides is 3. The van der Waals surface area contributed by atoms with Gasteiger partial charge in [-0.25, -0.2) is 0 Å². The number of carbonyl (C=O) groups is 3. The molecule has 0 radical (unpaired) electrons. The highest BCUT2D eigenvalue weighted by Crippen LogP contribution is 2.22. The largest absolute Gasteiger partial charge is 0.347 e. The molecule has 0 aromatic heterocycles. The lowest BCUT2D eigenvalue weighted by molar-refractivity contribution is -0.119. The summed E-state index contributed by atoms with van der Waals surface area (Å²) in [5, 5.41) is 8.70. The zero-order valence-electron chi connectivity index (χ0n) is 18.9. The molecule has 0 aliphatic carbocycles. The molecule has 0 spiro atoms. The molecular weight excluding hydrogens is 366 g/mol. The zero-order chi connectivity index (χ0) is 22.2. The molecular formula is C23H37N3O3. The van der Waals surface area contributed by atoms with Crippen molar-refractivity contribution in [1.29, 1.82) is 0 Å². The molecule has 29 heavy (non-hydrogen) atoms. The maximum atomic E-state index is 12.9. The molecule has 1 aromatic carbocycles. The van der Waals surface area contributed by atoms with Crippen molar-refractivity contribution in [3.63, 3.8) is 0 Å². The summed E-state index contributed by atoms with van der Waals surface area (Å²) in [4.78, 5) is 37.1. The minimum absolute atomic E-state index is 0.149. The number of hydrogen-bond donors (Lipinski definition) is 3. The number of rotatable bonds is 10. The highest BCUT2D eigenvalue weighted by Gasteiger charge is 2.22. The van der Waals surface area contributed by atoms with Crippen LogP contribution in [0.15, 0.2) is 18.2 Å². The second kappa shape index (κ2) is 11.0. The molecule has 3 amide bonds. The van der Waals surface area contributed by atoms with Crippen LogP contribution in [0.5, 0.6) is 0 Å². The van der Waals surface area contributed by atoms with Crippen LogP contribution in [0.25, 0.3) is 0 Å². The maximum Gasteiger partial charge on any atom is 0.251 e. The molecule has 6 heteroatoms. The molecule has 1 aromatic rings. The summed E-state index contributed by atoms with van der Waals surface area (Å²) in [7, 11) is 0. The van der Waals surface area contributed by atoms with Gasteiger partial charge in [0.2, 0.25) is 11.8 Å². The predicted octanol–water partition coefficient (Wildman–Crippen LogP) is 4.96. The molecule has 3 N–H and O–H groups in total. The number of carbonyl (C=O) groups excluding carboxylic acids is 3.